The van der Waals surface area contributed by atoms with Crippen molar-refractivity contribution in [3.05, 3.63) is 57.7 Å². The molecular formula is C55H77N7O8S. The lowest BCUT2D eigenvalue weighted by molar-refractivity contribution is -0.156. The summed E-state index contributed by atoms with van der Waals surface area (Å²) in [6.45, 7) is 24.1. The molecule has 386 valence electrons. The fourth-order valence-corrected chi connectivity index (χ4v) is 12.9. The van der Waals surface area contributed by atoms with Crippen LogP contribution in [0.3, 0.4) is 0 Å². The number of ether oxygens (including phenoxy) is 5. The zero-order valence-electron chi connectivity index (χ0n) is 43.6. The molecule has 0 radical (unpaired) electrons. The number of pyridine rings is 1. The number of hydrazine groups is 1. The molecule has 2 N–H and O–H groups in total. The highest BCUT2D eigenvalue weighted by atomic mass is 32.1. The Morgan fingerprint density at radius 3 is 2.65 bits per heavy atom. The van der Waals surface area contributed by atoms with Crippen molar-refractivity contribution in [3.63, 3.8) is 0 Å². The second-order valence-electron chi connectivity index (χ2n) is 22.1. The van der Waals surface area contributed by atoms with Crippen LogP contribution in [0.4, 0.5) is 0 Å². The Hall–Kier alpha value is -4.29. The highest BCUT2D eigenvalue weighted by molar-refractivity contribution is 7.10. The molecule has 4 aliphatic heterocycles. The van der Waals surface area contributed by atoms with Gasteiger partial charge in [0.2, 0.25) is 5.91 Å². The summed E-state index contributed by atoms with van der Waals surface area (Å²) in [5, 5.41) is 8.30. The van der Waals surface area contributed by atoms with Gasteiger partial charge in [-0.25, -0.2) is 10.4 Å². The number of amides is 2. The van der Waals surface area contributed by atoms with Gasteiger partial charge in [-0.3, -0.25) is 29.3 Å². The van der Waals surface area contributed by atoms with E-state index in [1.54, 1.807) is 7.11 Å². The van der Waals surface area contributed by atoms with E-state index >= 15 is 0 Å². The molecule has 3 saturated heterocycles. The largest absolute Gasteiger partial charge is 0.464 e. The second kappa shape index (κ2) is 21.7. The number of methoxy groups -OCH3 is 1. The van der Waals surface area contributed by atoms with Crippen molar-refractivity contribution in [1.29, 1.82) is 0 Å². The van der Waals surface area contributed by atoms with Gasteiger partial charge in [-0.1, -0.05) is 40.7 Å². The fraction of sp³-hybridized carbons (Fsp3) is 0.655. The molecule has 16 heteroatoms. The maximum Gasteiger partial charge on any atom is 0.324 e. The van der Waals surface area contributed by atoms with Crippen LogP contribution >= 0.6 is 11.3 Å². The van der Waals surface area contributed by atoms with Gasteiger partial charge < -0.3 is 33.6 Å². The van der Waals surface area contributed by atoms with E-state index in [1.807, 2.05) is 12.3 Å². The number of piperidine rings is 1. The standard InChI is InChI=1S/C55H77N7O8S/c1-11-68-50-48(58-51(63)46-33(6)45(46)31(2)3)53(64)62-17-12-13-42(59-62)54(65)70-30-55(8,9)26-41-39-24-36(43-29-71-52(50)57-43)14-15-44(39)61(20-22-69-32(4)5)49(41)40-25-37(27-56-47(40)34(7)66-10)35-16-18-60-19-21-67-28-38(60)23-35/h14-15,24-25,27,29,31-35,38,42,45-46,48,50,59H,11-13,16-23,26,28,30H2,1-10H3,(H,58,63)/t33-,34-,35+,38-,42-,45?,46+,48-,50-/m0/s1. The van der Waals surface area contributed by atoms with Crippen molar-refractivity contribution in [3.8, 4) is 22.5 Å². The molecule has 1 aliphatic carbocycles. The zero-order chi connectivity index (χ0) is 50.3. The number of benzene rings is 1. The summed E-state index contributed by atoms with van der Waals surface area (Å²) >= 11 is 1.42. The van der Waals surface area contributed by atoms with Gasteiger partial charge in [-0.05, 0) is 119 Å². The lowest BCUT2D eigenvalue weighted by Crippen LogP contribution is -2.61. The van der Waals surface area contributed by atoms with Crippen molar-refractivity contribution in [2.45, 2.75) is 143 Å². The maximum atomic E-state index is 14.9. The minimum absolute atomic E-state index is 0.0438. The molecule has 1 saturated carbocycles. The van der Waals surface area contributed by atoms with Gasteiger partial charge in [-0.2, -0.15) is 0 Å². The van der Waals surface area contributed by atoms with E-state index in [4.69, 9.17) is 33.7 Å². The number of carbonyl (C=O) groups excluding carboxylic acids is 3. The average Bonchev–Trinajstić information content (AvgIpc) is 3.66. The number of esters is 1. The first-order chi connectivity index (χ1) is 34.1. The number of nitrogens with one attached hydrogen (secondary N) is 2. The van der Waals surface area contributed by atoms with Crippen molar-refractivity contribution in [2.24, 2.45) is 29.1 Å². The molecule has 4 aromatic rings. The minimum Gasteiger partial charge on any atom is -0.464 e. The summed E-state index contributed by atoms with van der Waals surface area (Å²) in [5.41, 5.74) is 10.6. The number of nitrogens with zero attached hydrogens (tertiary/aromatic N) is 5. The van der Waals surface area contributed by atoms with Crippen LogP contribution in [0, 0.1) is 29.1 Å². The number of morpholine rings is 1. The van der Waals surface area contributed by atoms with E-state index in [1.165, 1.54) is 21.9 Å². The van der Waals surface area contributed by atoms with E-state index in [9.17, 15) is 14.4 Å². The van der Waals surface area contributed by atoms with Crippen LogP contribution in [0.1, 0.15) is 128 Å². The summed E-state index contributed by atoms with van der Waals surface area (Å²) in [5.74, 6) is -0.121. The number of carbonyl (C=O) groups is 3. The summed E-state index contributed by atoms with van der Waals surface area (Å²) in [4.78, 5) is 56.3. The van der Waals surface area contributed by atoms with Gasteiger partial charge in [0.05, 0.1) is 55.7 Å². The second-order valence-corrected chi connectivity index (χ2v) is 23.0. The van der Waals surface area contributed by atoms with Gasteiger partial charge in [0, 0.05) is 84.3 Å². The van der Waals surface area contributed by atoms with Crippen molar-refractivity contribution < 1.29 is 38.1 Å². The van der Waals surface area contributed by atoms with Crippen LogP contribution in [0.25, 0.3) is 33.4 Å². The molecule has 1 unspecified atom stereocenters. The first kappa shape index (κ1) is 51.6. The third-order valence-electron chi connectivity index (χ3n) is 15.8. The number of thiazole rings is 1. The van der Waals surface area contributed by atoms with Crippen molar-refractivity contribution in [2.75, 3.05) is 59.8 Å². The van der Waals surface area contributed by atoms with E-state index in [-0.39, 0.29) is 55.0 Å². The molecule has 7 heterocycles. The quantitative estimate of drug-likeness (QED) is 0.124. The Morgan fingerprint density at radius 2 is 1.90 bits per heavy atom. The number of cyclic esters (lactones) is 1. The summed E-state index contributed by atoms with van der Waals surface area (Å²) < 4.78 is 33.5. The predicted octanol–water partition coefficient (Wildman–Crippen LogP) is 8.26. The molecule has 9 atom stereocenters. The third kappa shape index (κ3) is 10.9. The van der Waals surface area contributed by atoms with Crippen LogP contribution in [-0.2, 0) is 51.0 Å². The molecular weight excluding hydrogens is 919 g/mol. The van der Waals surface area contributed by atoms with Gasteiger partial charge in [0.25, 0.3) is 5.91 Å². The smallest absolute Gasteiger partial charge is 0.324 e. The summed E-state index contributed by atoms with van der Waals surface area (Å²) in [6, 6.07) is 7.42. The van der Waals surface area contributed by atoms with Crippen molar-refractivity contribution >= 4 is 40.0 Å². The molecule has 0 spiro atoms. The number of fused-ring (bicyclic) bond motifs is 7. The van der Waals surface area contributed by atoms with Crippen LogP contribution in [0.2, 0.25) is 0 Å². The Labute approximate surface area is 424 Å². The number of hydrogen-bond donors (Lipinski definition) is 2. The van der Waals surface area contributed by atoms with Crippen LogP contribution in [-0.4, -0.2) is 126 Å². The lowest BCUT2D eigenvalue weighted by atomic mass is 9.82. The molecule has 9 rings (SSSR count). The zero-order valence-corrected chi connectivity index (χ0v) is 44.4. The molecule has 15 nitrogen and oxygen atoms in total. The van der Waals surface area contributed by atoms with Gasteiger partial charge in [0.1, 0.15) is 23.2 Å². The van der Waals surface area contributed by atoms with Gasteiger partial charge in [-0.15, -0.1) is 11.3 Å². The summed E-state index contributed by atoms with van der Waals surface area (Å²) in [6.07, 6.45) is 4.60. The van der Waals surface area contributed by atoms with Gasteiger partial charge in [0.15, 0.2) is 0 Å². The van der Waals surface area contributed by atoms with Crippen molar-refractivity contribution in [1.82, 2.24) is 35.2 Å². The molecule has 5 aliphatic rings. The van der Waals surface area contributed by atoms with Crippen LogP contribution in [0.15, 0.2) is 35.8 Å². The van der Waals surface area contributed by atoms with Gasteiger partial charge >= 0.3 is 5.97 Å². The van der Waals surface area contributed by atoms with Crippen LogP contribution < -0.4 is 10.7 Å². The minimum atomic E-state index is -1.10. The first-order valence-corrected chi connectivity index (χ1v) is 27.2. The lowest BCUT2D eigenvalue weighted by Gasteiger charge is -2.42. The highest BCUT2D eigenvalue weighted by Crippen LogP contribution is 2.51. The monoisotopic (exact) mass is 996 g/mol. The normalized spacial score (nSPS) is 27.6. The Kier molecular flexibility index (Phi) is 15.7. The number of hydrogen-bond acceptors (Lipinski definition) is 13. The molecule has 2 amide bonds. The number of rotatable bonds is 13. The maximum absolute atomic E-state index is 14.9. The van der Waals surface area contributed by atoms with Crippen LogP contribution in [0.5, 0.6) is 0 Å². The molecule has 71 heavy (non-hydrogen) atoms. The average molecular weight is 996 g/mol. The van der Waals surface area contributed by atoms with E-state index < -0.39 is 29.6 Å². The topological polar surface area (TPSA) is 159 Å². The summed E-state index contributed by atoms with van der Waals surface area (Å²) in [7, 11) is 1.74. The molecule has 1 aromatic carbocycles. The third-order valence-corrected chi connectivity index (χ3v) is 16.7. The number of aromatic nitrogens is 3. The Balaban J connectivity index is 1.20. The van der Waals surface area contributed by atoms with E-state index in [0.29, 0.717) is 61.8 Å². The SMILES string of the molecule is CCO[C@@H]1c2nc(cs2)-c2ccc3c(c2)c(c(-c2cc([C@@H]4CCN5CCOC[C@@H]5C4)cnc2[C@H](C)OC)n3CCOC(C)C)CC(C)(C)COC(=O)[C@@H]2CCCN(N2)C(=O)[C@H]1NC(=O)[C@H]1C(C(C)C)[C@@H]1C. The Morgan fingerprint density at radius 1 is 1.08 bits per heavy atom. The first-order valence-electron chi connectivity index (χ1n) is 26.3. The highest BCUT2D eigenvalue weighted by Gasteiger charge is 2.54. The molecule has 4 fully saturated rings. The predicted molar refractivity (Wildman–Crippen MR) is 275 cm³/mol. The molecule has 6 bridgehead atoms. The van der Waals surface area contributed by atoms with E-state index in [0.717, 1.165) is 83.8 Å². The molecule has 3 aromatic heterocycles. The fourth-order valence-electron chi connectivity index (χ4n) is 12.0. The van der Waals surface area contributed by atoms with E-state index in [2.05, 4.69) is 106 Å². The Bertz CT molecular complexity index is 2560.